The monoisotopic (exact) mass is 406 g/mol. The Labute approximate surface area is 173 Å². The van der Waals surface area contributed by atoms with Crippen molar-refractivity contribution in [1.82, 2.24) is 28.9 Å². The minimum atomic E-state index is -0.476. The molecule has 0 aliphatic rings. The highest BCUT2D eigenvalue weighted by Crippen LogP contribution is 2.20. The number of aromatic nitrogens is 6. The van der Waals surface area contributed by atoms with Crippen molar-refractivity contribution in [3.05, 3.63) is 68.6 Å². The molecule has 4 rings (SSSR count). The van der Waals surface area contributed by atoms with E-state index in [9.17, 15) is 9.59 Å². The number of hydrogen-bond acceptors (Lipinski definition) is 5. The molecule has 8 nitrogen and oxygen atoms in total. The van der Waals surface area contributed by atoms with Crippen molar-refractivity contribution in [3.63, 3.8) is 0 Å². The number of benzene rings is 1. The van der Waals surface area contributed by atoms with Gasteiger partial charge in [0, 0.05) is 12.0 Å². The predicted molar refractivity (Wildman–Crippen MR) is 116 cm³/mol. The lowest BCUT2D eigenvalue weighted by Crippen LogP contribution is -2.33. The fourth-order valence-corrected chi connectivity index (χ4v) is 3.52. The van der Waals surface area contributed by atoms with Crippen molar-refractivity contribution in [2.24, 2.45) is 0 Å². The summed E-state index contributed by atoms with van der Waals surface area (Å²) in [6.45, 7) is 8.88. The van der Waals surface area contributed by atoms with Gasteiger partial charge >= 0.3 is 0 Å². The molecule has 8 heteroatoms. The lowest BCUT2D eigenvalue weighted by molar-refractivity contribution is 0.510. The van der Waals surface area contributed by atoms with Gasteiger partial charge in [-0.25, -0.2) is 9.67 Å². The van der Waals surface area contributed by atoms with Gasteiger partial charge in [-0.05, 0) is 12.0 Å². The summed E-state index contributed by atoms with van der Waals surface area (Å²) in [6, 6.07) is 9.83. The second kappa shape index (κ2) is 7.51. The highest BCUT2D eigenvalue weighted by molar-refractivity contribution is 5.88. The van der Waals surface area contributed by atoms with Gasteiger partial charge in [0.2, 0.25) is 0 Å². The van der Waals surface area contributed by atoms with Gasteiger partial charge in [-0.1, -0.05) is 64.4 Å². The molecule has 0 atom stereocenters. The van der Waals surface area contributed by atoms with Crippen LogP contribution in [0.4, 0.5) is 0 Å². The maximum atomic E-state index is 13.2. The molecule has 0 fully saturated rings. The van der Waals surface area contributed by atoms with E-state index in [1.54, 1.807) is 9.25 Å². The Hall–Kier alpha value is -3.29. The third kappa shape index (κ3) is 3.42. The molecule has 3 aromatic heterocycles. The quantitative estimate of drug-likeness (QED) is 0.509. The summed E-state index contributed by atoms with van der Waals surface area (Å²) in [7, 11) is 0. The van der Waals surface area contributed by atoms with Crippen LogP contribution >= 0.6 is 0 Å². The summed E-state index contributed by atoms with van der Waals surface area (Å²) in [5.41, 5.74) is 1.06. The number of fused-ring (bicyclic) bond motifs is 3. The fourth-order valence-electron chi connectivity index (χ4n) is 3.52. The Bertz CT molecular complexity index is 1330. The van der Waals surface area contributed by atoms with Crippen molar-refractivity contribution < 1.29 is 0 Å². The van der Waals surface area contributed by atoms with Crippen molar-refractivity contribution in [1.29, 1.82) is 0 Å². The topological polar surface area (TPSA) is 87.1 Å². The molecule has 3 heterocycles. The zero-order valence-electron chi connectivity index (χ0n) is 17.8. The van der Waals surface area contributed by atoms with Gasteiger partial charge in [-0.2, -0.15) is 9.61 Å². The van der Waals surface area contributed by atoms with Crippen molar-refractivity contribution in [2.75, 3.05) is 0 Å². The molecule has 156 valence electrons. The van der Waals surface area contributed by atoms with E-state index in [4.69, 9.17) is 0 Å². The zero-order valence-corrected chi connectivity index (χ0v) is 17.8. The largest absolute Gasteiger partial charge is 0.299 e. The number of aryl methyl sites for hydroxylation is 1. The van der Waals surface area contributed by atoms with Gasteiger partial charge in [0.1, 0.15) is 17.4 Å². The van der Waals surface area contributed by atoms with E-state index in [2.05, 4.69) is 22.1 Å². The summed E-state index contributed by atoms with van der Waals surface area (Å²) >= 11 is 0. The Morgan fingerprint density at radius 3 is 2.40 bits per heavy atom. The van der Waals surface area contributed by atoms with E-state index in [1.807, 2.05) is 51.1 Å². The Balaban J connectivity index is 2.07. The van der Waals surface area contributed by atoms with Crippen molar-refractivity contribution in [3.8, 4) is 0 Å². The van der Waals surface area contributed by atoms with E-state index in [1.165, 1.54) is 10.8 Å². The third-order valence-corrected chi connectivity index (χ3v) is 5.13. The maximum absolute atomic E-state index is 13.2. The van der Waals surface area contributed by atoms with Crippen molar-refractivity contribution in [2.45, 2.75) is 59.0 Å². The highest BCUT2D eigenvalue weighted by Gasteiger charge is 2.26. The predicted octanol–water partition coefficient (Wildman–Crippen LogP) is 2.75. The molecule has 4 aromatic rings. The first-order valence-corrected chi connectivity index (χ1v) is 10.2. The molecule has 0 saturated carbocycles. The van der Waals surface area contributed by atoms with Gasteiger partial charge in [-0.3, -0.25) is 14.2 Å². The maximum Gasteiger partial charge on any atom is 0.296 e. The summed E-state index contributed by atoms with van der Waals surface area (Å²) in [5.74, 6) is 0. The second-order valence-electron chi connectivity index (χ2n) is 8.58. The number of hydrogen-bond donors (Lipinski definition) is 0. The molecular weight excluding hydrogens is 380 g/mol. The van der Waals surface area contributed by atoms with Crippen LogP contribution in [0.15, 0.2) is 46.2 Å². The van der Waals surface area contributed by atoms with Gasteiger partial charge in [0.15, 0.2) is 11.3 Å². The summed E-state index contributed by atoms with van der Waals surface area (Å²) < 4.78 is 4.59. The number of unbranched alkanes of at least 4 members (excludes halogenated alkanes) is 1. The van der Waals surface area contributed by atoms with Crippen LogP contribution in [0.3, 0.4) is 0 Å². The number of rotatable bonds is 5. The first-order valence-electron chi connectivity index (χ1n) is 10.2. The molecule has 0 N–H and O–H groups in total. The van der Waals surface area contributed by atoms with E-state index in [0.29, 0.717) is 29.8 Å². The molecule has 30 heavy (non-hydrogen) atoms. The van der Waals surface area contributed by atoms with E-state index < -0.39 is 5.41 Å². The molecule has 0 aliphatic carbocycles. The van der Waals surface area contributed by atoms with Gasteiger partial charge in [0.25, 0.3) is 11.1 Å². The molecular formula is C22H26N6O2. The lowest BCUT2D eigenvalue weighted by Gasteiger charge is -2.19. The number of nitrogens with zero attached hydrogens (tertiary/aromatic N) is 6. The normalized spacial score (nSPS) is 12.1. The van der Waals surface area contributed by atoms with Crippen LogP contribution in [0.2, 0.25) is 0 Å². The van der Waals surface area contributed by atoms with E-state index in [-0.39, 0.29) is 16.8 Å². The van der Waals surface area contributed by atoms with Gasteiger partial charge < -0.3 is 0 Å². The van der Waals surface area contributed by atoms with Crippen LogP contribution in [0.5, 0.6) is 0 Å². The SMILES string of the molecule is CCCCn1cnc2nn3c(=O)c(C(C)(C)C)nn(Cc4ccccc4)c3c2c1=O. The first-order chi connectivity index (χ1) is 14.3. The van der Waals surface area contributed by atoms with E-state index in [0.717, 1.165) is 18.4 Å². The third-order valence-electron chi connectivity index (χ3n) is 5.13. The smallest absolute Gasteiger partial charge is 0.296 e. The zero-order chi connectivity index (χ0) is 21.5. The average Bonchev–Trinajstić information content (AvgIpc) is 3.11. The van der Waals surface area contributed by atoms with Crippen LogP contribution in [-0.4, -0.2) is 28.9 Å². The molecule has 1 aromatic carbocycles. The highest BCUT2D eigenvalue weighted by atomic mass is 16.1. The van der Waals surface area contributed by atoms with Crippen LogP contribution < -0.4 is 11.1 Å². The molecule has 0 bridgehead atoms. The second-order valence-corrected chi connectivity index (χ2v) is 8.58. The molecule has 0 saturated heterocycles. The molecule has 0 spiro atoms. The standard InChI is InChI=1S/C22H26N6O2/c1-5-6-12-26-14-23-18-16(20(26)29)19-27(13-15-10-8-7-9-11-15)24-17(22(2,3)4)21(30)28(19)25-18/h7-11,14H,5-6,12-13H2,1-4H3. The molecule has 0 unspecified atom stereocenters. The minimum Gasteiger partial charge on any atom is -0.299 e. The van der Waals surface area contributed by atoms with E-state index >= 15 is 0 Å². The minimum absolute atomic E-state index is 0.199. The summed E-state index contributed by atoms with van der Waals surface area (Å²) in [5, 5.41) is 9.41. The van der Waals surface area contributed by atoms with Crippen LogP contribution in [0.25, 0.3) is 16.7 Å². The summed E-state index contributed by atoms with van der Waals surface area (Å²) in [4.78, 5) is 30.8. The Morgan fingerprint density at radius 1 is 1.00 bits per heavy atom. The van der Waals surface area contributed by atoms with Gasteiger partial charge in [0.05, 0.1) is 6.54 Å². The van der Waals surface area contributed by atoms with Crippen LogP contribution in [0, 0.1) is 0 Å². The first kappa shape index (κ1) is 20.0. The lowest BCUT2D eigenvalue weighted by atomic mass is 9.93. The Morgan fingerprint density at radius 2 is 1.73 bits per heavy atom. The fraction of sp³-hybridized carbons (Fsp3) is 0.409. The van der Waals surface area contributed by atoms with Crippen LogP contribution in [-0.2, 0) is 18.5 Å². The summed E-state index contributed by atoms with van der Waals surface area (Å²) in [6.07, 6.45) is 3.35. The Kier molecular flexibility index (Phi) is 5.01. The molecule has 0 amide bonds. The van der Waals surface area contributed by atoms with Gasteiger partial charge in [-0.15, -0.1) is 5.10 Å². The van der Waals surface area contributed by atoms with Crippen LogP contribution in [0.1, 0.15) is 51.8 Å². The molecule has 0 aliphatic heterocycles. The molecule has 0 radical (unpaired) electrons. The average molecular weight is 406 g/mol. The van der Waals surface area contributed by atoms with Crippen molar-refractivity contribution >= 4 is 16.7 Å².